The monoisotopic (exact) mass is 936 g/mol. The number of phenolic OH excluding ortho intramolecular Hbond substituents is 1. The Morgan fingerprint density at radius 1 is 0.881 bits per heavy atom. The van der Waals surface area contributed by atoms with E-state index >= 15 is 8.78 Å². The van der Waals surface area contributed by atoms with E-state index in [9.17, 15) is 10.2 Å². The second-order valence-corrected chi connectivity index (χ2v) is 28.3. The number of fused-ring (bicyclic) bond motifs is 2. The molecule has 3 aliphatic heterocycles. The molecule has 2 aromatic heterocycles. The van der Waals surface area contributed by atoms with Gasteiger partial charge in [0, 0.05) is 74.9 Å². The van der Waals surface area contributed by atoms with Gasteiger partial charge in [0.2, 0.25) is 0 Å². The summed E-state index contributed by atoms with van der Waals surface area (Å²) in [5, 5.41) is 27.1. The molecule has 2 saturated carbocycles. The molecule has 5 aliphatic rings. The van der Waals surface area contributed by atoms with E-state index in [1.807, 2.05) is 11.8 Å². The fourth-order valence-electron chi connectivity index (χ4n) is 12.9. The smallest absolute Gasteiger partial charge is 0.319 e. The van der Waals surface area contributed by atoms with Crippen LogP contribution in [0.4, 0.5) is 14.6 Å². The molecule has 0 unspecified atom stereocenters. The number of piperazine rings is 1. The van der Waals surface area contributed by atoms with E-state index in [1.165, 1.54) is 70.3 Å². The Kier molecular flexibility index (Phi) is 13.7. The number of nitrogens with one attached hydrogen (secondary N) is 1. The average Bonchev–Trinajstić information content (AvgIpc) is 4.06. The number of benzene rings is 2. The number of pyridine rings is 1. The maximum atomic E-state index is 17.6. The molecular formula is C54H75F2N7O3Si. The van der Waals surface area contributed by atoms with Gasteiger partial charge in [-0.2, -0.15) is 9.97 Å². The number of ether oxygens (including phenoxy) is 1. The van der Waals surface area contributed by atoms with Crippen molar-refractivity contribution in [3.63, 3.8) is 0 Å². The minimum absolute atomic E-state index is 0.0199. The average molecular weight is 936 g/mol. The van der Waals surface area contributed by atoms with Crippen molar-refractivity contribution in [3.05, 3.63) is 47.7 Å². The van der Waals surface area contributed by atoms with Gasteiger partial charge in [-0.3, -0.25) is 4.98 Å². The molecule has 1 atom stereocenters. The first-order valence-corrected chi connectivity index (χ1v) is 27.8. The summed E-state index contributed by atoms with van der Waals surface area (Å²) >= 11 is 0. The highest BCUT2D eigenvalue weighted by Crippen LogP contribution is 2.48. The molecule has 13 heteroatoms. The number of rotatable bonds is 12. The quantitative estimate of drug-likeness (QED) is 0.0939. The fourth-order valence-corrected chi connectivity index (χ4v) is 18.1. The SMILES string of the molecule is CC(C)[Si](C#Cc1c(F)ccc2cc(O)cc(-c3ncc4c(N5CCC[C@@](C)(O)C5)nc(OCC5(CN6CCN(CC7CCC8(CCNCC8)CC7)CC6)CC5)nc4c3F)c12)(C(C)C)C(C)C. The van der Waals surface area contributed by atoms with Crippen LogP contribution in [0.3, 0.4) is 0 Å². The minimum atomic E-state index is -2.29. The predicted molar refractivity (Wildman–Crippen MR) is 268 cm³/mol. The summed E-state index contributed by atoms with van der Waals surface area (Å²) in [6.45, 7) is 25.3. The first-order chi connectivity index (χ1) is 32.0. The summed E-state index contributed by atoms with van der Waals surface area (Å²) in [6.07, 6.45) is 13.3. The standard InChI is InChI=1S/C54H75F2N7O3Si/c1-36(2)67(37(3)4,38(5)6)28-13-42-45(55)10-9-40-29-41(64)30-43(46(40)42)48-47(56)49-44(31-58-48)50(63-23-8-14-52(7,65)33-63)60-51(59-49)66-35-54(17-18-54)34-62-26-24-61(25-27-62)32-39-11-15-53(16-12-39)19-21-57-22-20-53/h9-10,29-31,36-39,57,64-65H,8,11-12,14-27,32-35H2,1-7H3/t52-/m1/s1. The van der Waals surface area contributed by atoms with Crippen molar-refractivity contribution >= 4 is 35.6 Å². The van der Waals surface area contributed by atoms with E-state index in [0.717, 1.165) is 57.9 Å². The van der Waals surface area contributed by atoms with Crippen LogP contribution in [0, 0.1) is 39.8 Å². The van der Waals surface area contributed by atoms with Gasteiger partial charge in [-0.25, -0.2) is 8.78 Å². The molecule has 67 heavy (non-hydrogen) atoms. The molecule has 0 radical (unpaired) electrons. The summed E-state index contributed by atoms with van der Waals surface area (Å²) in [7, 11) is -2.29. The Bertz CT molecular complexity index is 2470. The third kappa shape index (κ3) is 9.94. The van der Waals surface area contributed by atoms with Crippen molar-refractivity contribution in [3.8, 4) is 34.5 Å². The maximum absolute atomic E-state index is 17.6. The summed E-state index contributed by atoms with van der Waals surface area (Å²) < 4.78 is 40.3. The van der Waals surface area contributed by atoms with Crippen molar-refractivity contribution in [1.82, 2.24) is 30.1 Å². The zero-order chi connectivity index (χ0) is 47.3. The number of piperidine rings is 2. The van der Waals surface area contributed by atoms with Gasteiger partial charge >= 0.3 is 6.01 Å². The molecule has 9 rings (SSSR count). The van der Waals surface area contributed by atoms with E-state index in [0.29, 0.717) is 70.1 Å². The molecule has 5 heterocycles. The summed E-state index contributed by atoms with van der Waals surface area (Å²) in [4.78, 5) is 21.7. The van der Waals surface area contributed by atoms with Gasteiger partial charge in [0.25, 0.3) is 0 Å². The maximum Gasteiger partial charge on any atom is 0.319 e. The van der Waals surface area contributed by atoms with Gasteiger partial charge in [0.15, 0.2) is 5.82 Å². The van der Waals surface area contributed by atoms with Crippen LogP contribution in [0.15, 0.2) is 30.5 Å². The van der Waals surface area contributed by atoms with Gasteiger partial charge in [0.1, 0.15) is 36.7 Å². The number of aliphatic hydroxyl groups is 1. The number of hydrogen-bond donors (Lipinski definition) is 3. The molecule has 0 amide bonds. The molecule has 0 bridgehead atoms. The van der Waals surface area contributed by atoms with E-state index in [1.54, 1.807) is 18.3 Å². The minimum Gasteiger partial charge on any atom is -0.508 e. The lowest BCUT2D eigenvalue weighted by Gasteiger charge is -2.45. The Labute approximate surface area is 398 Å². The van der Waals surface area contributed by atoms with Crippen molar-refractivity contribution in [2.45, 2.75) is 135 Å². The van der Waals surface area contributed by atoms with Crippen LogP contribution >= 0.6 is 0 Å². The van der Waals surface area contributed by atoms with Gasteiger partial charge < -0.3 is 35.0 Å². The van der Waals surface area contributed by atoms with Crippen LogP contribution in [0.2, 0.25) is 16.6 Å². The lowest BCUT2D eigenvalue weighted by molar-refractivity contribution is 0.0447. The zero-order valence-electron chi connectivity index (χ0n) is 41.3. The van der Waals surface area contributed by atoms with E-state index < -0.39 is 25.3 Å². The number of anilines is 1. The Hall–Kier alpha value is -3.93. The highest BCUT2D eigenvalue weighted by molar-refractivity contribution is 6.90. The molecule has 5 fully saturated rings. The molecule has 362 valence electrons. The van der Waals surface area contributed by atoms with Crippen LogP contribution in [0.25, 0.3) is 32.9 Å². The first-order valence-electron chi connectivity index (χ1n) is 25.6. The summed E-state index contributed by atoms with van der Waals surface area (Å²) in [6, 6.07) is 6.05. The first kappa shape index (κ1) is 48.1. The van der Waals surface area contributed by atoms with Crippen molar-refractivity contribution in [2.24, 2.45) is 16.7 Å². The van der Waals surface area contributed by atoms with Gasteiger partial charge in [0.05, 0.1) is 23.2 Å². The second kappa shape index (κ2) is 19.1. The third-order valence-corrected chi connectivity index (χ3v) is 23.3. The number of phenols is 1. The predicted octanol–water partition coefficient (Wildman–Crippen LogP) is 10.1. The number of aromatic hydroxyl groups is 1. The summed E-state index contributed by atoms with van der Waals surface area (Å²) in [5.74, 6) is 3.26. The van der Waals surface area contributed by atoms with Gasteiger partial charge in [-0.05, 0) is 136 Å². The second-order valence-electron chi connectivity index (χ2n) is 22.8. The highest BCUT2D eigenvalue weighted by atomic mass is 28.3. The molecule has 2 aromatic carbocycles. The van der Waals surface area contributed by atoms with Crippen LogP contribution in [-0.4, -0.2) is 121 Å². The van der Waals surface area contributed by atoms with E-state index in [2.05, 4.69) is 68.1 Å². The van der Waals surface area contributed by atoms with Crippen LogP contribution < -0.4 is 15.0 Å². The van der Waals surface area contributed by atoms with Crippen LogP contribution in [0.1, 0.15) is 118 Å². The van der Waals surface area contributed by atoms with E-state index in [-0.39, 0.29) is 39.5 Å². The van der Waals surface area contributed by atoms with E-state index in [4.69, 9.17) is 19.7 Å². The van der Waals surface area contributed by atoms with Gasteiger partial charge in [-0.15, -0.1) is 5.54 Å². The Morgan fingerprint density at radius 2 is 1.57 bits per heavy atom. The Morgan fingerprint density at radius 3 is 2.22 bits per heavy atom. The number of halogens is 2. The van der Waals surface area contributed by atoms with Crippen LogP contribution in [-0.2, 0) is 0 Å². The number of nitrogens with zero attached hydrogens (tertiary/aromatic N) is 6. The van der Waals surface area contributed by atoms with Gasteiger partial charge in [-0.1, -0.05) is 53.5 Å². The summed E-state index contributed by atoms with van der Waals surface area (Å²) in [5.41, 5.74) is 4.60. The molecule has 4 aromatic rings. The number of hydrogen-bond acceptors (Lipinski definition) is 10. The van der Waals surface area contributed by atoms with Crippen molar-refractivity contribution < 1.29 is 23.7 Å². The van der Waals surface area contributed by atoms with Crippen molar-refractivity contribution in [2.75, 3.05) is 77.0 Å². The molecule has 2 aliphatic carbocycles. The largest absolute Gasteiger partial charge is 0.508 e. The molecule has 3 N–H and O–H groups in total. The Balaban J connectivity index is 0.985. The lowest BCUT2D eigenvalue weighted by Crippen LogP contribution is -2.50. The zero-order valence-corrected chi connectivity index (χ0v) is 42.3. The molecule has 3 saturated heterocycles. The van der Waals surface area contributed by atoms with Crippen LogP contribution in [0.5, 0.6) is 11.8 Å². The number of aromatic nitrogens is 3. The number of β-amino-alcohol motifs (C(OH)–C–C–N with tert-alkyl or cyclic N) is 1. The highest BCUT2D eigenvalue weighted by Gasteiger charge is 2.46. The molecule has 10 nitrogen and oxygen atoms in total. The van der Waals surface area contributed by atoms with Crippen molar-refractivity contribution in [1.29, 1.82) is 0 Å². The topological polar surface area (TPSA) is 110 Å². The normalized spacial score (nSPS) is 22.9. The lowest BCUT2D eigenvalue weighted by atomic mass is 9.65. The molecule has 1 spiro atoms. The third-order valence-electron chi connectivity index (χ3n) is 17.0. The fraction of sp³-hybridized carbons (Fsp3) is 0.648. The molecular weight excluding hydrogens is 861 g/mol.